The van der Waals surface area contributed by atoms with Crippen LogP contribution < -0.4 is 4.74 Å². The number of rotatable bonds is 4. The van der Waals surface area contributed by atoms with Crippen LogP contribution in [-0.2, 0) is 14.6 Å². The molecule has 3 aromatic rings. The number of carbonyl (C=O) groups excluding carboxylic acids is 1. The van der Waals surface area contributed by atoms with Crippen LogP contribution >= 0.6 is 0 Å². The Kier molecular flexibility index (Phi) is 5.60. The van der Waals surface area contributed by atoms with Crippen molar-refractivity contribution >= 4 is 15.8 Å². The third-order valence-electron chi connectivity index (χ3n) is 4.67. The molecule has 0 bridgehead atoms. The first kappa shape index (κ1) is 21.8. The summed E-state index contributed by atoms with van der Waals surface area (Å²) >= 11 is 0. The van der Waals surface area contributed by atoms with Gasteiger partial charge in [-0.3, -0.25) is 4.79 Å². The van der Waals surface area contributed by atoms with Crippen LogP contribution in [0.2, 0.25) is 0 Å². The molecule has 1 heterocycles. The molecule has 0 amide bonds. The molecule has 0 fully saturated rings. The van der Waals surface area contributed by atoms with E-state index in [1.165, 1.54) is 16.8 Å². The van der Waals surface area contributed by atoms with Crippen LogP contribution in [0.25, 0.3) is 5.69 Å². The smallest absolute Gasteiger partial charge is 0.317 e. The topological polar surface area (TPSA) is 78.3 Å². The zero-order valence-corrected chi connectivity index (χ0v) is 18.9. The Morgan fingerprint density at radius 2 is 1.63 bits per heavy atom. The van der Waals surface area contributed by atoms with E-state index >= 15 is 0 Å². The molecule has 30 heavy (non-hydrogen) atoms. The maximum Gasteiger partial charge on any atom is 0.317 e. The van der Waals surface area contributed by atoms with Crippen molar-refractivity contribution in [2.45, 2.75) is 51.3 Å². The Bertz CT molecular complexity index is 1200. The van der Waals surface area contributed by atoms with Gasteiger partial charge in [0.05, 0.1) is 21.7 Å². The number of hydrogen-bond donors (Lipinski definition) is 0. The van der Waals surface area contributed by atoms with E-state index in [1.54, 1.807) is 45.9 Å². The maximum absolute atomic E-state index is 13.4. The molecule has 0 aliphatic heterocycles. The first-order valence-corrected chi connectivity index (χ1v) is 11.1. The summed E-state index contributed by atoms with van der Waals surface area (Å²) in [6.45, 7) is 10.6. The van der Waals surface area contributed by atoms with Crippen LogP contribution in [0.1, 0.15) is 37.6 Å². The molecule has 0 unspecified atom stereocenters. The molecule has 3 rings (SSSR count). The zero-order chi connectivity index (χ0) is 22.3. The Morgan fingerprint density at radius 3 is 2.20 bits per heavy atom. The van der Waals surface area contributed by atoms with Gasteiger partial charge in [0.2, 0.25) is 15.7 Å². The van der Waals surface area contributed by atoms with Crippen molar-refractivity contribution in [1.82, 2.24) is 9.78 Å². The molecule has 0 saturated carbocycles. The van der Waals surface area contributed by atoms with Crippen LogP contribution in [0, 0.1) is 26.2 Å². The molecule has 2 aromatic carbocycles. The second kappa shape index (κ2) is 7.72. The fourth-order valence-electron chi connectivity index (χ4n) is 3.06. The summed E-state index contributed by atoms with van der Waals surface area (Å²) in [7, 11) is -3.96. The van der Waals surface area contributed by atoms with E-state index in [0.717, 1.165) is 11.1 Å². The molecule has 158 valence electrons. The third kappa shape index (κ3) is 4.03. The van der Waals surface area contributed by atoms with Gasteiger partial charge >= 0.3 is 5.97 Å². The fraction of sp³-hybridized carbons (Fsp3) is 0.304. The first-order valence-electron chi connectivity index (χ1n) is 9.62. The summed E-state index contributed by atoms with van der Waals surface area (Å²) in [4.78, 5) is 12.7. The Morgan fingerprint density at radius 1 is 1.00 bits per heavy atom. The van der Waals surface area contributed by atoms with Crippen molar-refractivity contribution < 1.29 is 17.9 Å². The molecule has 0 N–H and O–H groups in total. The summed E-state index contributed by atoms with van der Waals surface area (Å²) in [5, 5.41) is 4.46. The summed E-state index contributed by atoms with van der Waals surface area (Å²) in [6.07, 6.45) is 0. The number of benzene rings is 2. The molecule has 0 aliphatic carbocycles. The molecule has 0 radical (unpaired) electrons. The van der Waals surface area contributed by atoms with Gasteiger partial charge in [-0.15, -0.1) is 0 Å². The van der Waals surface area contributed by atoms with Gasteiger partial charge < -0.3 is 4.74 Å². The minimum atomic E-state index is -3.96. The minimum absolute atomic E-state index is 0.0942. The second-order valence-corrected chi connectivity index (χ2v) is 10.3. The normalized spacial score (nSPS) is 12.1. The van der Waals surface area contributed by atoms with E-state index < -0.39 is 21.2 Å². The fourth-order valence-corrected chi connectivity index (χ4v) is 4.59. The van der Waals surface area contributed by atoms with Gasteiger partial charge in [-0.2, -0.15) is 9.78 Å². The molecule has 7 heteroatoms. The lowest BCUT2D eigenvalue weighted by atomic mass is 9.97. The molecular weight excluding hydrogens is 400 g/mol. The van der Waals surface area contributed by atoms with Gasteiger partial charge in [-0.25, -0.2) is 8.42 Å². The predicted molar refractivity (Wildman–Crippen MR) is 115 cm³/mol. The third-order valence-corrected chi connectivity index (χ3v) is 6.57. The Hall–Kier alpha value is -2.93. The van der Waals surface area contributed by atoms with Crippen molar-refractivity contribution in [2.75, 3.05) is 0 Å². The largest absolute Gasteiger partial charge is 0.405 e. The average Bonchev–Trinajstić information content (AvgIpc) is 2.98. The van der Waals surface area contributed by atoms with Crippen molar-refractivity contribution in [2.24, 2.45) is 5.41 Å². The van der Waals surface area contributed by atoms with Gasteiger partial charge in [0.1, 0.15) is 0 Å². The number of aryl methyl sites for hydroxylation is 3. The zero-order valence-electron chi connectivity index (χ0n) is 18.1. The molecule has 1 aromatic heterocycles. The van der Waals surface area contributed by atoms with Gasteiger partial charge in [-0.05, 0) is 65.3 Å². The van der Waals surface area contributed by atoms with E-state index in [9.17, 15) is 13.2 Å². The van der Waals surface area contributed by atoms with Crippen LogP contribution in [0.3, 0.4) is 0 Å². The predicted octanol–water partition coefficient (Wildman–Crippen LogP) is 4.58. The highest BCUT2D eigenvalue weighted by Crippen LogP contribution is 2.36. The standard InChI is InChI=1S/C23H26N2O4S/c1-15-12-13-19(16(2)14-15)25-21(29-22(26)23(4,5)6)20(17(3)24-25)30(27,28)18-10-8-7-9-11-18/h7-14H,1-6H3. The Balaban J connectivity index is 2.30. The summed E-state index contributed by atoms with van der Waals surface area (Å²) in [5.74, 6) is -0.638. The lowest BCUT2D eigenvalue weighted by molar-refractivity contribution is -0.143. The highest BCUT2D eigenvalue weighted by molar-refractivity contribution is 7.91. The van der Waals surface area contributed by atoms with E-state index in [-0.39, 0.29) is 21.4 Å². The lowest BCUT2D eigenvalue weighted by Crippen LogP contribution is -2.27. The van der Waals surface area contributed by atoms with Gasteiger partial charge in [0.15, 0.2) is 4.90 Å². The number of hydrogen-bond acceptors (Lipinski definition) is 5. The van der Waals surface area contributed by atoms with Crippen molar-refractivity contribution in [3.8, 4) is 11.6 Å². The maximum atomic E-state index is 13.4. The minimum Gasteiger partial charge on any atom is -0.405 e. The first-order chi connectivity index (χ1) is 13.9. The number of esters is 1. The second-order valence-electron chi connectivity index (χ2n) is 8.38. The number of carbonyl (C=O) groups is 1. The van der Waals surface area contributed by atoms with Crippen LogP contribution in [-0.4, -0.2) is 24.2 Å². The number of ether oxygens (including phenoxy) is 1. The molecule has 0 spiro atoms. The number of sulfone groups is 1. The van der Waals surface area contributed by atoms with Crippen LogP contribution in [0.4, 0.5) is 0 Å². The van der Waals surface area contributed by atoms with E-state index in [0.29, 0.717) is 5.69 Å². The van der Waals surface area contributed by atoms with Gasteiger partial charge in [-0.1, -0.05) is 35.9 Å². The molecular formula is C23H26N2O4S. The molecule has 0 saturated heterocycles. The quantitative estimate of drug-likeness (QED) is 0.571. The number of nitrogens with zero attached hydrogens (tertiary/aromatic N) is 2. The monoisotopic (exact) mass is 426 g/mol. The summed E-state index contributed by atoms with van der Waals surface area (Å²) in [5.41, 5.74) is 2.03. The lowest BCUT2D eigenvalue weighted by Gasteiger charge is -2.18. The average molecular weight is 427 g/mol. The van der Waals surface area contributed by atoms with Crippen molar-refractivity contribution in [1.29, 1.82) is 0 Å². The van der Waals surface area contributed by atoms with Crippen LogP contribution in [0.15, 0.2) is 58.3 Å². The van der Waals surface area contributed by atoms with Crippen molar-refractivity contribution in [3.63, 3.8) is 0 Å². The van der Waals surface area contributed by atoms with E-state index in [4.69, 9.17) is 4.74 Å². The highest BCUT2D eigenvalue weighted by Gasteiger charge is 2.34. The molecule has 6 nitrogen and oxygen atoms in total. The summed E-state index contributed by atoms with van der Waals surface area (Å²) in [6, 6.07) is 13.8. The molecule has 0 aliphatic rings. The van der Waals surface area contributed by atoms with Crippen LogP contribution in [0.5, 0.6) is 5.88 Å². The Labute approximate surface area is 177 Å². The highest BCUT2D eigenvalue weighted by atomic mass is 32.2. The molecule has 0 atom stereocenters. The number of aromatic nitrogens is 2. The van der Waals surface area contributed by atoms with Crippen molar-refractivity contribution in [3.05, 3.63) is 65.4 Å². The van der Waals surface area contributed by atoms with E-state index in [1.807, 2.05) is 32.0 Å². The van der Waals surface area contributed by atoms with Gasteiger partial charge in [0, 0.05) is 0 Å². The SMILES string of the molecule is Cc1ccc(-n2nc(C)c(S(=O)(=O)c3ccccc3)c2OC(=O)C(C)(C)C)c(C)c1. The summed E-state index contributed by atoms with van der Waals surface area (Å²) < 4.78 is 34.0. The van der Waals surface area contributed by atoms with Gasteiger partial charge in [0.25, 0.3) is 0 Å². The van der Waals surface area contributed by atoms with E-state index in [2.05, 4.69) is 5.10 Å².